The van der Waals surface area contributed by atoms with E-state index in [2.05, 4.69) is 25.6 Å². The molecule has 4 rings (SSSR count). The molecular formula is C20H21BrN3O3+. The van der Waals surface area contributed by atoms with Gasteiger partial charge in [0.25, 0.3) is 5.69 Å². The number of aliphatic hydroxyl groups is 1. The van der Waals surface area contributed by atoms with Crippen molar-refractivity contribution in [2.75, 3.05) is 13.1 Å². The Balaban J connectivity index is 1.77. The van der Waals surface area contributed by atoms with Crippen molar-refractivity contribution in [3.63, 3.8) is 0 Å². The lowest BCUT2D eigenvalue weighted by Crippen LogP contribution is -2.46. The Bertz CT molecular complexity index is 896. The third-order valence-electron chi connectivity index (χ3n) is 5.40. The molecule has 0 aliphatic carbocycles. The summed E-state index contributed by atoms with van der Waals surface area (Å²) < 4.78 is 3.15. The van der Waals surface area contributed by atoms with Gasteiger partial charge in [0.15, 0.2) is 6.54 Å². The average Bonchev–Trinajstić information content (AvgIpc) is 2.82. The van der Waals surface area contributed by atoms with Crippen molar-refractivity contribution in [1.82, 2.24) is 5.01 Å². The van der Waals surface area contributed by atoms with E-state index in [1.807, 2.05) is 24.3 Å². The van der Waals surface area contributed by atoms with Gasteiger partial charge >= 0.3 is 0 Å². The molecule has 27 heavy (non-hydrogen) atoms. The molecule has 1 N–H and O–H groups in total. The lowest BCUT2D eigenvalue weighted by molar-refractivity contribution is -0.706. The fraction of sp³-hybridized carbons (Fsp3) is 0.350. The Labute approximate surface area is 166 Å². The van der Waals surface area contributed by atoms with Gasteiger partial charge < -0.3 is 5.11 Å². The van der Waals surface area contributed by atoms with E-state index in [0.29, 0.717) is 6.42 Å². The van der Waals surface area contributed by atoms with E-state index in [1.54, 1.807) is 12.1 Å². The predicted octanol–water partition coefficient (Wildman–Crippen LogP) is 3.81. The quantitative estimate of drug-likeness (QED) is 0.456. The maximum Gasteiger partial charge on any atom is 0.269 e. The lowest BCUT2D eigenvalue weighted by Gasteiger charge is -2.30. The van der Waals surface area contributed by atoms with Crippen LogP contribution in [-0.4, -0.2) is 38.5 Å². The van der Waals surface area contributed by atoms with Crippen molar-refractivity contribution in [3.05, 3.63) is 74.2 Å². The van der Waals surface area contributed by atoms with Gasteiger partial charge in [-0.25, -0.2) is 0 Å². The Kier molecular flexibility index (Phi) is 4.74. The topological polar surface area (TPSA) is 69.6 Å². The molecule has 0 radical (unpaired) electrons. The van der Waals surface area contributed by atoms with Crippen LogP contribution in [0.25, 0.3) is 0 Å². The molecule has 0 aromatic heterocycles. The highest BCUT2D eigenvalue weighted by Crippen LogP contribution is 2.38. The number of non-ortho nitro benzene ring substituents is 1. The number of fused-ring (bicyclic) bond motifs is 1. The summed E-state index contributed by atoms with van der Waals surface area (Å²) in [6, 6.07) is 14.4. The molecule has 0 amide bonds. The number of nitro benzene ring substituents is 1. The Morgan fingerprint density at radius 1 is 1.07 bits per heavy atom. The molecule has 6 nitrogen and oxygen atoms in total. The number of hydrazine groups is 1. The predicted molar refractivity (Wildman–Crippen MR) is 106 cm³/mol. The number of nitrogens with zero attached hydrogens (tertiary/aromatic N) is 3. The van der Waals surface area contributed by atoms with Crippen LogP contribution in [0.4, 0.5) is 5.69 Å². The molecule has 2 aromatic rings. The van der Waals surface area contributed by atoms with Crippen molar-refractivity contribution in [3.8, 4) is 0 Å². The summed E-state index contributed by atoms with van der Waals surface area (Å²) in [6.45, 7) is 1.62. The maximum atomic E-state index is 11.7. The highest BCUT2D eigenvalue weighted by Gasteiger charge is 2.52. The summed E-state index contributed by atoms with van der Waals surface area (Å²) in [6.07, 6.45) is 3.66. The van der Waals surface area contributed by atoms with Gasteiger partial charge in [0.05, 0.1) is 17.9 Å². The second-order valence-corrected chi connectivity index (χ2v) is 7.97. The first-order valence-corrected chi connectivity index (χ1v) is 9.92. The molecule has 1 saturated heterocycles. The molecular weight excluding hydrogens is 410 g/mol. The zero-order chi connectivity index (χ0) is 19.0. The second kappa shape index (κ2) is 7.05. The summed E-state index contributed by atoms with van der Waals surface area (Å²) in [5.74, 6) is 0. The summed E-state index contributed by atoms with van der Waals surface area (Å²) in [4.78, 5) is 10.6. The van der Waals surface area contributed by atoms with Crippen LogP contribution in [-0.2, 0) is 5.72 Å². The van der Waals surface area contributed by atoms with Crippen molar-refractivity contribution in [1.29, 1.82) is 0 Å². The minimum atomic E-state index is -1.11. The summed E-state index contributed by atoms with van der Waals surface area (Å²) in [5, 5.41) is 24.7. The Morgan fingerprint density at radius 3 is 2.44 bits per heavy atom. The third-order valence-corrected chi connectivity index (χ3v) is 5.93. The maximum absolute atomic E-state index is 11.7. The average molecular weight is 431 g/mol. The van der Waals surface area contributed by atoms with Gasteiger partial charge in [0, 0.05) is 34.2 Å². The summed E-state index contributed by atoms with van der Waals surface area (Å²) >= 11 is 3.45. The molecule has 2 heterocycles. The van der Waals surface area contributed by atoms with E-state index in [9.17, 15) is 15.2 Å². The first-order chi connectivity index (χ1) is 13.0. The summed E-state index contributed by atoms with van der Waals surface area (Å²) in [5.41, 5.74) is 1.75. The van der Waals surface area contributed by atoms with Crippen LogP contribution < -0.4 is 0 Å². The standard InChI is InChI=1S/C20H21BrN3O3/c21-17-8-6-16(7-9-17)20(25)14-19(22-12-2-1-3-13-23(20)22)15-4-10-18(11-5-15)24(26)27/h4-11,25H,1-3,12-14H2/q+1/t20-/m0/s1. The van der Waals surface area contributed by atoms with Crippen LogP contribution >= 0.6 is 15.9 Å². The number of rotatable bonds is 3. The van der Waals surface area contributed by atoms with Crippen LogP contribution in [0.15, 0.2) is 53.0 Å². The fourth-order valence-electron chi connectivity index (χ4n) is 4.02. The molecule has 0 spiro atoms. The lowest BCUT2D eigenvalue weighted by atomic mass is 9.94. The molecule has 2 aromatic carbocycles. The highest BCUT2D eigenvalue weighted by atomic mass is 79.9. The van der Waals surface area contributed by atoms with E-state index < -0.39 is 5.72 Å². The van der Waals surface area contributed by atoms with E-state index in [0.717, 1.165) is 53.7 Å². The van der Waals surface area contributed by atoms with Gasteiger partial charge in [-0.1, -0.05) is 28.1 Å². The van der Waals surface area contributed by atoms with Gasteiger partial charge in [-0.15, -0.1) is 9.69 Å². The number of nitro groups is 1. The number of benzene rings is 2. The molecule has 1 fully saturated rings. The molecule has 2 aliphatic heterocycles. The third kappa shape index (κ3) is 3.26. The normalized spacial score (nSPS) is 22.5. The van der Waals surface area contributed by atoms with E-state index in [-0.39, 0.29) is 10.6 Å². The molecule has 2 aliphatic rings. The summed E-state index contributed by atoms with van der Waals surface area (Å²) in [7, 11) is 0. The van der Waals surface area contributed by atoms with E-state index in [4.69, 9.17) is 0 Å². The SMILES string of the molecule is O=[N+]([O-])c1ccc(C2=[N+]3CCCCCN3[C@@](O)(c3ccc(Br)cc3)C2)cc1. The molecule has 140 valence electrons. The van der Waals surface area contributed by atoms with Gasteiger partial charge in [0.1, 0.15) is 0 Å². The van der Waals surface area contributed by atoms with Gasteiger partial charge in [-0.3, -0.25) is 10.1 Å². The van der Waals surface area contributed by atoms with E-state index in [1.165, 1.54) is 12.1 Å². The van der Waals surface area contributed by atoms with Crippen molar-refractivity contribution < 1.29 is 14.7 Å². The van der Waals surface area contributed by atoms with Crippen LogP contribution in [0.2, 0.25) is 0 Å². The van der Waals surface area contributed by atoms with Crippen molar-refractivity contribution in [2.24, 2.45) is 0 Å². The highest BCUT2D eigenvalue weighted by molar-refractivity contribution is 9.10. The van der Waals surface area contributed by atoms with Crippen LogP contribution in [0, 0.1) is 10.1 Å². The Hall–Kier alpha value is -2.25. The molecule has 1 atom stereocenters. The molecule has 0 unspecified atom stereocenters. The van der Waals surface area contributed by atoms with Crippen LogP contribution in [0.1, 0.15) is 36.8 Å². The number of hydrazone groups is 1. The second-order valence-electron chi connectivity index (χ2n) is 7.06. The minimum absolute atomic E-state index is 0.0771. The van der Waals surface area contributed by atoms with Gasteiger partial charge in [-0.05, 0) is 37.1 Å². The molecule has 0 saturated carbocycles. The first-order valence-electron chi connectivity index (χ1n) is 9.13. The van der Waals surface area contributed by atoms with Crippen LogP contribution in [0.5, 0.6) is 0 Å². The smallest absolute Gasteiger partial charge is 0.269 e. The van der Waals surface area contributed by atoms with Gasteiger partial charge in [0.2, 0.25) is 11.4 Å². The zero-order valence-electron chi connectivity index (χ0n) is 14.8. The minimum Gasteiger partial charge on any atom is -0.362 e. The van der Waals surface area contributed by atoms with Crippen molar-refractivity contribution >= 4 is 27.3 Å². The Morgan fingerprint density at radius 2 is 1.78 bits per heavy atom. The molecule has 7 heteroatoms. The van der Waals surface area contributed by atoms with Crippen molar-refractivity contribution in [2.45, 2.75) is 31.4 Å². The number of hydrogen-bond donors (Lipinski definition) is 1. The van der Waals surface area contributed by atoms with E-state index >= 15 is 0 Å². The largest absolute Gasteiger partial charge is 0.362 e. The number of hydrogen-bond acceptors (Lipinski definition) is 4. The monoisotopic (exact) mass is 430 g/mol. The fourth-order valence-corrected chi connectivity index (χ4v) is 4.28. The number of halogens is 1. The molecule has 0 bridgehead atoms. The van der Waals surface area contributed by atoms with Gasteiger partial charge in [-0.2, -0.15) is 0 Å². The van der Waals surface area contributed by atoms with Crippen LogP contribution in [0.3, 0.4) is 0 Å². The first kappa shape index (κ1) is 18.1. The zero-order valence-corrected chi connectivity index (χ0v) is 16.4.